The van der Waals surface area contributed by atoms with E-state index in [0.29, 0.717) is 6.42 Å². The lowest BCUT2D eigenvalue weighted by molar-refractivity contribution is 0.227. The molecule has 0 aliphatic carbocycles. The van der Waals surface area contributed by atoms with Gasteiger partial charge in [0.2, 0.25) is 0 Å². The Morgan fingerprint density at radius 3 is 2.52 bits per heavy atom. The number of carbonyl (C=O) groups excluding carboxylic acids is 1. The Bertz CT molecular complexity index is 611. The molecule has 2 rings (SSSR count). The first kappa shape index (κ1) is 15.3. The summed E-state index contributed by atoms with van der Waals surface area (Å²) in [7, 11) is 0. The number of hydrogen-bond acceptors (Lipinski definition) is 2. The summed E-state index contributed by atoms with van der Waals surface area (Å²) in [6, 6.07) is 13.6. The van der Waals surface area contributed by atoms with E-state index >= 15 is 0 Å². The normalized spacial score (nSPS) is 12.4. The van der Waals surface area contributed by atoms with Crippen LogP contribution >= 0.6 is 0 Å². The van der Waals surface area contributed by atoms with Crippen LogP contribution in [0.4, 0.5) is 10.5 Å². The van der Waals surface area contributed by atoms with Crippen LogP contribution in [0, 0.1) is 5.92 Å². The second kappa shape index (κ2) is 7.09. The molecule has 2 aromatic rings. The fourth-order valence-electron chi connectivity index (χ4n) is 2.31. The highest BCUT2D eigenvalue weighted by Crippen LogP contribution is 2.18. The van der Waals surface area contributed by atoms with Crippen molar-refractivity contribution in [3.8, 4) is 0 Å². The predicted octanol–water partition coefficient (Wildman–Crippen LogP) is 3.37. The Balaban J connectivity index is 2.03. The number of aliphatic hydroxyl groups excluding tert-OH is 1. The molecule has 3 N–H and O–H groups in total. The molecule has 0 aromatic heterocycles. The minimum absolute atomic E-state index is 0.0320. The lowest BCUT2D eigenvalue weighted by Crippen LogP contribution is -2.41. The number of nitrogens with one attached hydrogen (secondary N) is 2. The molecule has 0 saturated carbocycles. The SMILES string of the molecule is CC(C)C(CCO)NC(=O)Nc1ccc2ccccc2c1. The second-order valence-electron chi connectivity index (χ2n) is 5.52. The van der Waals surface area contributed by atoms with Gasteiger partial charge in [0.15, 0.2) is 0 Å². The monoisotopic (exact) mass is 286 g/mol. The van der Waals surface area contributed by atoms with Gasteiger partial charge in [0.1, 0.15) is 0 Å². The number of anilines is 1. The van der Waals surface area contributed by atoms with Crippen molar-refractivity contribution in [1.29, 1.82) is 0 Å². The molecule has 4 nitrogen and oxygen atoms in total. The van der Waals surface area contributed by atoms with Crippen molar-refractivity contribution in [2.45, 2.75) is 26.3 Å². The first-order chi connectivity index (χ1) is 10.1. The van der Waals surface area contributed by atoms with Crippen LogP contribution in [0.15, 0.2) is 42.5 Å². The fourth-order valence-corrected chi connectivity index (χ4v) is 2.31. The van der Waals surface area contributed by atoms with Crippen molar-refractivity contribution in [1.82, 2.24) is 5.32 Å². The zero-order valence-corrected chi connectivity index (χ0v) is 12.5. The standard InChI is InChI=1S/C17H22N2O2/c1-12(2)16(9-10-20)19-17(21)18-15-8-7-13-5-3-4-6-14(13)11-15/h3-8,11-12,16,20H,9-10H2,1-2H3,(H2,18,19,21). The Morgan fingerprint density at radius 2 is 1.86 bits per heavy atom. The van der Waals surface area contributed by atoms with Gasteiger partial charge in [-0.2, -0.15) is 0 Å². The molecule has 1 unspecified atom stereocenters. The second-order valence-corrected chi connectivity index (χ2v) is 5.52. The van der Waals surface area contributed by atoms with Gasteiger partial charge in [-0.15, -0.1) is 0 Å². The van der Waals surface area contributed by atoms with E-state index in [0.717, 1.165) is 16.5 Å². The van der Waals surface area contributed by atoms with E-state index in [1.165, 1.54) is 0 Å². The number of amides is 2. The highest BCUT2D eigenvalue weighted by atomic mass is 16.3. The van der Waals surface area contributed by atoms with E-state index in [2.05, 4.69) is 10.6 Å². The van der Waals surface area contributed by atoms with Gasteiger partial charge in [0.25, 0.3) is 0 Å². The summed E-state index contributed by atoms with van der Waals surface area (Å²) in [5.74, 6) is 0.277. The lowest BCUT2D eigenvalue weighted by atomic mass is 10.0. The average molecular weight is 286 g/mol. The van der Waals surface area contributed by atoms with Gasteiger partial charge in [-0.3, -0.25) is 0 Å². The zero-order valence-electron chi connectivity index (χ0n) is 12.5. The van der Waals surface area contributed by atoms with Crippen molar-refractivity contribution in [3.63, 3.8) is 0 Å². The highest BCUT2D eigenvalue weighted by Gasteiger charge is 2.15. The molecule has 0 aliphatic heterocycles. The van der Waals surface area contributed by atoms with E-state index in [1.54, 1.807) is 0 Å². The Labute approximate surface area is 125 Å². The van der Waals surface area contributed by atoms with Crippen molar-refractivity contribution < 1.29 is 9.90 Å². The molecular formula is C17H22N2O2. The minimum atomic E-state index is -0.238. The summed E-state index contributed by atoms with van der Waals surface area (Å²) in [4.78, 5) is 12.0. The first-order valence-corrected chi connectivity index (χ1v) is 7.27. The van der Waals surface area contributed by atoms with Crippen LogP contribution in [-0.4, -0.2) is 23.8 Å². The van der Waals surface area contributed by atoms with Crippen molar-refractivity contribution in [3.05, 3.63) is 42.5 Å². The van der Waals surface area contributed by atoms with Crippen LogP contribution in [0.5, 0.6) is 0 Å². The number of hydrogen-bond donors (Lipinski definition) is 3. The van der Waals surface area contributed by atoms with Gasteiger partial charge in [0.05, 0.1) is 0 Å². The van der Waals surface area contributed by atoms with Gasteiger partial charge in [-0.25, -0.2) is 4.79 Å². The summed E-state index contributed by atoms with van der Waals surface area (Å²) in [5, 5.41) is 17.0. The Kier molecular flexibility index (Phi) is 5.17. The fraction of sp³-hybridized carbons (Fsp3) is 0.353. The molecule has 0 spiro atoms. The van der Waals surface area contributed by atoms with Crippen LogP contribution < -0.4 is 10.6 Å². The van der Waals surface area contributed by atoms with E-state index in [4.69, 9.17) is 5.11 Å². The summed E-state index contributed by atoms with van der Waals surface area (Å²) < 4.78 is 0. The summed E-state index contributed by atoms with van der Waals surface area (Å²) in [5.41, 5.74) is 0.762. The molecule has 2 aromatic carbocycles. The van der Waals surface area contributed by atoms with Crippen LogP contribution in [0.2, 0.25) is 0 Å². The maximum Gasteiger partial charge on any atom is 0.319 e. The van der Waals surface area contributed by atoms with Gasteiger partial charge in [0, 0.05) is 18.3 Å². The molecule has 1 atom stereocenters. The number of benzene rings is 2. The minimum Gasteiger partial charge on any atom is -0.396 e. The van der Waals surface area contributed by atoms with Crippen LogP contribution in [0.3, 0.4) is 0 Å². The van der Waals surface area contributed by atoms with Gasteiger partial charge in [-0.1, -0.05) is 44.2 Å². The number of fused-ring (bicyclic) bond motifs is 1. The van der Waals surface area contributed by atoms with Crippen molar-refractivity contribution in [2.24, 2.45) is 5.92 Å². The van der Waals surface area contributed by atoms with E-state index in [1.807, 2.05) is 56.3 Å². The lowest BCUT2D eigenvalue weighted by Gasteiger charge is -2.21. The third kappa shape index (κ3) is 4.20. The third-order valence-corrected chi connectivity index (χ3v) is 3.57. The largest absolute Gasteiger partial charge is 0.396 e. The van der Waals surface area contributed by atoms with Gasteiger partial charge < -0.3 is 15.7 Å². The molecule has 112 valence electrons. The zero-order chi connectivity index (χ0) is 15.2. The van der Waals surface area contributed by atoms with E-state index in [9.17, 15) is 4.79 Å². The number of aliphatic hydroxyl groups is 1. The molecule has 0 aliphatic rings. The summed E-state index contributed by atoms with van der Waals surface area (Å²) in [6.07, 6.45) is 0.558. The molecule has 0 fully saturated rings. The highest BCUT2D eigenvalue weighted by molar-refractivity contribution is 5.93. The van der Waals surface area contributed by atoms with Gasteiger partial charge >= 0.3 is 6.03 Å². The maximum atomic E-state index is 12.0. The van der Waals surface area contributed by atoms with Crippen molar-refractivity contribution in [2.75, 3.05) is 11.9 Å². The molecule has 4 heteroatoms. The average Bonchev–Trinajstić information content (AvgIpc) is 2.46. The van der Waals surface area contributed by atoms with Crippen LogP contribution in [0.25, 0.3) is 10.8 Å². The first-order valence-electron chi connectivity index (χ1n) is 7.27. The number of rotatable bonds is 5. The molecule has 21 heavy (non-hydrogen) atoms. The van der Waals surface area contributed by atoms with Crippen LogP contribution in [-0.2, 0) is 0 Å². The van der Waals surface area contributed by atoms with E-state index in [-0.39, 0.29) is 24.6 Å². The number of carbonyl (C=O) groups is 1. The maximum absolute atomic E-state index is 12.0. The quantitative estimate of drug-likeness (QED) is 0.789. The predicted molar refractivity (Wildman–Crippen MR) is 86.4 cm³/mol. The molecule has 2 amide bonds. The van der Waals surface area contributed by atoms with E-state index < -0.39 is 0 Å². The Morgan fingerprint density at radius 1 is 1.14 bits per heavy atom. The van der Waals surface area contributed by atoms with Crippen LogP contribution in [0.1, 0.15) is 20.3 Å². The number of urea groups is 1. The van der Waals surface area contributed by atoms with Crippen molar-refractivity contribution >= 4 is 22.5 Å². The molecule has 0 bridgehead atoms. The molecular weight excluding hydrogens is 264 g/mol. The third-order valence-electron chi connectivity index (χ3n) is 3.57. The topological polar surface area (TPSA) is 61.4 Å². The summed E-state index contributed by atoms with van der Waals surface area (Å²) >= 11 is 0. The molecule has 0 radical (unpaired) electrons. The molecule has 0 heterocycles. The van der Waals surface area contributed by atoms with Gasteiger partial charge in [-0.05, 0) is 35.2 Å². The smallest absolute Gasteiger partial charge is 0.319 e. The molecule has 0 saturated heterocycles. The summed E-state index contributed by atoms with van der Waals surface area (Å²) in [6.45, 7) is 4.12. The Hall–Kier alpha value is -2.07.